The van der Waals surface area contributed by atoms with Gasteiger partial charge in [0.05, 0.1) is 11.4 Å². The lowest BCUT2D eigenvalue weighted by Gasteiger charge is -2.06. The molecule has 0 aromatic rings. The van der Waals surface area contributed by atoms with Crippen molar-refractivity contribution in [3.8, 4) is 0 Å². The van der Waals surface area contributed by atoms with Gasteiger partial charge in [0.2, 0.25) is 0 Å². The van der Waals surface area contributed by atoms with Crippen molar-refractivity contribution in [1.82, 2.24) is 5.32 Å². The smallest absolute Gasteiger partial charge is 0.197 e. The summed E-state index contributed by atoms with van der Waals surface area (Å²) in [5.74, 6) is 0. The van der Waals surface area contributed by atoms with Gasteiger partial charge in [-0.3, -0.25) is 0 Å². The first-order valence-electron chi connectivity index (χ1n) is 3.20. The largest absolute Gasteiger partial charge is 0.329 e. The summed E-state index contributed by atoms with van der Waals surface area (Å²) in [5, 5.41) is 3.59. The predicted octanol–water partition coefficient (Wildman–Crippen LogP) is 1.57. The van der Waals surface area contributed by atoms with E-state index in [-0.39, 0.29) is 0 Å². The maximum absolute atomic E-state index is 4.90. The van der Waals surface area contributed by atoms with Gasteiger partial charge in [0.15, 0.2) is 5.11 Å². The Hall–Kier alpha value is -0.230. The third kappa shape index (κ3) is 1.37. The minimum Gasteiger partial charge on any atom is -0.329 e. The summed E-state index contributed by atoms with van der Waals surface area (Å²) in [5.41, 5.74) is 2.01. The van der Waals surface area contributed by atoms with E-state index in [9.17, 15) is 0 Å². The summed E-state index contributed by atoms with van der Waals surface area (Å²) in [6.07, 6.45) is 6.20. The Morgan fingerprint density at radius 3 is 3.27 bits per heavy atom. The van der Waals surface area contributed by atoms with Gasteiger partial charge in [-0.2, -0.15) is 0 Å². The summed E-state index contributed by atoms with van der Waals surface area (Å²) < 4.78 is 0.454. The lowest BCUT2D eigenvalue weighted by molar-refractivity contribution is 1.23. The number of nitrogens with one attached hydrogen (secondary N) is 1. The van der Waals surface area contributed by atoms with Crippen LogP contribution in [0, 0.1) is 0 Å². The molecule has 11 heavy (non-hydrogen) atoms. The molecule has 0 fully saturated rings. The van der Waals surface area contributed by atoms with Crippen molar-refractivity contribution >= 4 is 45.6 Å². The van der Waals surface area contributed by atoms with Gasteiger partial charge in [-0.1, -0.05) is 28.7 Å². The van der Waals surface area contributed by atoms with Crippen molar-refractivity contribution in [2.24, 2.45) is 4.99 Å². The van der Waals surface area contributed by atoms with Crippen LogP contribution in [0.2, 0.25) is 0 Å². The lowest BCUT2D eigenvalue weighted by Crippen LogP contribution is -2.16. The van der Waals surface area contributed by atoms with Crippen LogP contribution in [0.4, 0.5) is 0 Å². The molecule has 4 heteroatoms. The number of aliphatic imine (C=N–C) groups is 1. The van der Waals surface area contributed by atoms with E-state index in [1.165, 1.54) is 0 Å². The monoisotopic (exact) mass is 276 g/mol. The predicted molar refractivity (Wildman–Crippen MR) is 58.2 cm³/mol. The molecule has 0 aromatic heterocycles. The summed E-state index contributed by atoms with van der Waals surface area (Å²) >= 11 is 7.24. The molecule has 1 atom stereocenters. The van der Waals surface area contributed by atoms with Crippen molar-refractivity contribution in [2.45, 2.75) is 3.92 Å². The van der Waals surface area contributed by atoms with E-state index < -0.39 is 0 Å². The molecular formula is C7H5IN2S. The van der Waals surface area contributed by atoms with E-state index in [2.05, 4.69) is 45.1 Å². The SMILES string of the molecule is S=C1N=C2C=CC(I)C=C2N1. The number of allylic oxidation sites excluding steroid dienone is 3. The van der Waals surface area contributed by atoms with Gasteiger partial charge in [-0.25, -0.2) is 4.99 Å². The third-order valence-electron chi connectivity index (χ3n) is 1.50. The van der Waals surface area contributed by atoms with Crippen LogP contribution in [0.5, 0.6) is 0 Å². The molecule has 0 radical (unpaired) electrons. The molecule has 1 aliphatic carbocycles. The van der Waals surface area contributed by atoms with Crippen molar-refractivity contribution in [1.29, 1.82) is 0 Å². The van der Waals surface area contributed by atoms with Crippen LogP contribution in [0.1, 0.15) is 0 Å². The highest BCUT2D eigenvalue weighted by Crippen LogP contribution is 2.17. The molecule has 0 spiro atoms. The highest BCUT2D eigenvalue weighted by molar-refractivity contribution is 14.1. The first kappa shape index (κ1) is 7.42. The molecule has 1 unspecified atom stereocenters. The van der Waals surface area contributed by atoms with E-state index in [4.69, 9.17) is 12.2 Å². The van der Waals surface area contributed by atoms with Crippen molar-refractivity contribution in [2.75, 3.05) is 0 Å². The van der Waals surface area contributed by atoms with Crippen molar-refractivity contribution < 1.29 is 0 Å². The minimum absolute atomic E-state index is 0.454. The number of nitrogens with zero attached hydrogens (tertiary/aromatic N) is 1. The Kier molecular flexibility index (Phi) is 1.80. The molecule has 2 nitrogen and oxygen atoms in total. The summed E-state index contributed by atoms with van der Waals surface area (Å²) in [7, 11) is 0. The number of hydrogen-bond donors (Lipinski definition) is 1. The van der Waals surface area contributed by atoms with Crippen LogP contribution in [-0.4, -0.2) is 14.7 Å². The molecular weight excluding hydrogens is 271 g/mol. The van der Waals surface area contributed by atoms with Crippen LogP contribution < -0.4 is 5.32 Å². The second-order valence-corrected chi connectivity index (χ2v) is 4.14. The van der Waals surface area contributed by atoms with Crippen LogP contribution in [-0.2, 0) is 0 Å². The van der Waals surface area contributed by atoms with Crippen LogP contribution in [0.15, 0.2) is 28.9 Å². The van der Waals surface area contributed by atoms with Gasteiger partial charge in [0.25, 0.3) is 0 Å². The lowest BCUT2D eigenvalue weighted by atomic mass is 10.1. The van der Waals surface area contributed by atoms with Gasteiger partial charge < -0.3 is 5.32 Å². The molecule has 1 aliphatic heterocycles. The van der Waals surface area contributed by atoms with Gasteiger partial charge >= 0.3 is 0 Å². The average molecular weight is 276 g/mol. The second-order valence-electron chi connectivity index (χ2n) is 2.31. The standard InChI is InChI=1S/C7H5IN2S/c8-4-1-2-5-6(3-4)10-7(11)9-5/h1-4H,(H,10,11). The molecule has 1 heterocycles. The zero-order valence-corrected chi connectivity index (χ0v) is 8.52. The number of hydrogen-bond acceptors (Lipinski definition) is 1. The molecule has 2 aliphatic rings. The van der Waals surface area contributed by atoms with Crippen LogP contribution in [0.25, 0.3) is 0 Å². The molecule has 56 valence electrons. The van der Waals surface area contributed by atoms with Crippen LogP contribution >= 0.6 is 34.8 Å². The first-order valence-corrected chi connectivity index (χ1v) is 4.85. The van der Waals surface area contributed by atoms with E-state index in [0.29, 0.717) is 9.04 Å². The normalized spacial score (nSPS) is 27.4. The zero-order valence-electron chi connectivity index (χ0n) is 5.54. The van der Waals surface area contributed by atoms with Gasteiger partial charge in [-0.15, -0.1) is 0 Å². The third-order valence-corrected chi connectivity index (χ3v) is 2.47. The molecule has 0 aromatic carbocycles. The molecule has 0 saturated heterocycles. The molecule has 0 saturated carbocycles. The Bertz CT molecular complexity index is 304. The highest BCUT2D eigenvalue weighted by atomic mass is 127. The van der Waals surface area contributed by atoms with E-state index in [1.807, 2.05) is 6.08 Å². The molecule has 1 N–H and O–H groups in total. The van der Waals surface area contributed by atoms with E-state index in [0.717, 1.165) is 11.4 Å². The molecule has 0 bridgehead atoms. The maximum atomic E-state index is 4.90. The minimum atomic E-state index is 0.454. The Morgan fingerprint density at radius 2 is 2.45 bits per heavy atom. The first-order chi connectivity index (χ1) is 5.25. The quantitative estimate of drug-likeness (QED) is 0.412. The number of fused-ring (bicyclic) bond motifs is 1. The maximum Gasteiger partial charge on any atom is 0.197 e. The number of rotatable bonds is 0. The number of halogens is 1. The van der Waals surface area contributed by atoms with Crippen molar-refractivity contribution in [3.05, 3.63) is 23.9 Å². The fourth-order valence-electron chi connectivity index (χ4n) is 1.03. The highest BCUT2D eigenvalue weighted by Gasteiger charge is 2.18. The number of alkyl halides is 1. The Balaban J connectivity index is 2.39. The van der Waals surface area contributed by atoms with Gasteiger partial charge in [-0.05, 0) is 24.4 Å². The van der Waals surface area contributed by atoms with E-state index >= 15 is 0 Å². The topological polar surface area (TPSA) is 24.4 Å². The molecule has 0 amide bonds. The summed E-state index contributed by atoms with van der Waals surface area (Å²) in [6.45, 7) is 0. The zero-order chi connectivity index (χ0) is 7.84. The Labute approximate surface area is 83.6 Å². The van der Waals surface area contributed by atoms with E-state index in [1.54, 1.807) is 0 Å². The fourth-order valence-corrected chi connectivity index (χ4v) is 1.80. The Morgan fingerprint density at radius 1 is 1.64 bits per heavy atom. The second kappa shape index (κ2) is 2.67. The van der Waals surface area contributed by atoms with Gasteiger partial charge in [0.1, 0.15) is 0 Å². The summed E-state index contributed by atoms with van der Waals surface area (Å²) in [6, 6.07) is 0. The number of thiocarbonyl (C=S) groups is 1. The van der Waals surface area contributed by atoms with Crippen LogP contribution in [0.3, 0.4) is 0 Å². The fraction of sp³-hybridized carbons (Fsp3) is 0.143. The average Bonchev–Trinajstić information content (AvgIpc) is 2.27. The molecule has 2 rings (SSSR count). The van der Waals surface area contributed by atoms with Gasteiger partial charge in [0, 0.05) is 3.92 Å². The van der Waals surface area contributed by atoms with Crippen molar-refractivity contribution in [3.63, 3.8) is 0 Å². The summed E-state index contributed by atoms with van der Waals surface area (Å²) in [4.78, 5) is 4.12.